The summed E-state index contributed by atoms with van der Waals surface area (Å²) in [5.41, 5.74) is 1.60. The Hall–Kier alpha value is -2.12. The van der Waals surface area contributed by atoms with Gasteiger partial charge in [-0.1, -0.05) is 0 Å². The van der Waals surface area contributed by atoms with Crippen LogP contribution < -0.4 is 10.6 Å². The average molecular weight is 349 g/mol. The molecule has 1 amide bonds. The molecule has 0 aliphatic heterocycles. The van der Waals surface area contributed by atoms with Crippen LogP contribution in [-0.2, 0) is 28.9 Å². The van der Waals surface area contributed by atoms with Crippen LogP contribution in [0.3, 0.4) is 0 Å². The largest absolute Gasteiger partial charge is 0.463 e. The molecule has 128 valence electrons. The molecule has 0 unspecified atom stereocenters. The summed E-state index contributed by atoms with van der Waals surface area (Å²) >= 11 is 1.50. The number of rotatable bonds is 7. The minimum absolute atomic E-state index is 0.132. The van der Waals surface area contributed by atoms with E-state index in [2.05, 4.69) is 5.32 Å². The van der Waals surface area contributed by atoms with E-state index in [0.29, 0.717) is 23.7 Å². The summed E-state index contributed by atoms with van der Waals surface area (Å²) in [7, 11) is 0. The van der Waals surface area contributed by atoms with Gasteiger partial charge in [0.2, 0.25) is 0 Å². The van der Waals surface area contributed by atoms with E-state index < -0.39 is 0 Å². The highest BCUT2D eigenvalue weighted by Crippen LogP contribution is 2.39. The first-order valence-electron chi connectivity index (χ1n) is 8.14. The third-order valence-corrected chi connectivity index (χ3v) is 5.12. The summed E-state index contributed by atoms with van der Waals surface area (Å²) in [5.74, 6) is 0.351. The summed E-state index contributed by atoms with van der Waals surface area (Å²) in [4.78, 5) is 25.6. The van der Waals surface area contributed by atoms with Gasteiger partial charge in [-0.25, -0.2) is 4.79 Å². The Morgan fingerprint density at radius 2 is 2.29 bits per heavy atom. The van der Waals surface area contributed by atoms with Crippen molar-refractivity contribution in [2.24, 2.45) is 0 Å². The molecule has 0 bridgehead atoms. The van der Waals surface area contributed by atoms with Crippen LogP contribution in [0.5, 0.6) is 0 Å². The Balaban J connectivity index is 1.63. The van der Waals surface area contributed by atoms with Gasteiger partial charge in [0, 0.05) is 4.88 Å². The fourth-order valence-corrected chi connectivity index (χ4v) is 4.16. The van der Waals surface area contributed by atoms with Gasteiger partial charge in [0.1, 0.15) is 11.5 Å². The minimum Gasteiger partial charge on any atom is -0.463 e. The minimum atomic E-state index is -0.341. The van der Waals surface area contributed by atoms with Gasteiger partial charge in [0.05, 0.1) is 18.4 Å². The predicted octanol–water partition coefficient (Wildman–Crippen LogP) is 1.71. The van der Waals surface area contributed by atoms with Gasteiger partial charge in [-0.3, -0.25) is 4.79 Å². The first-order chi connectivity index (χ1) is 11.7. The van der Waals surface area contributed by atoms with Crippen molar-refractivity contribution in [2.45, 2.75) is 32.7 Å². The van der Waals surface area contributed by atoms with Crippen LogP contribution in [-0.4, -0.2) is 25.0 Å². The highest BCUT2D eigenvalue weighted by atomic mass is 32.1. The smallest absolute Gasteiger partial charge is 0.341 e. The van der Waals surface area contributed by atoms with Gasteiger partial charge in [0.25, 0.3) is 5.91 Å². The van der Waals surface area contributed by atoms with E-state index in [1.54, 1.807) is 13.2 Å². The number of furan rings is 1. The van der Waals surface area contributed by atoms with Crippen LogP contribution in [0.2, 0.25) is 0 Å². The second kappa shape index (κ2) is 7.63. The molecule has 3 rings (SSSR count). The van der Waals surface area contributed by atoms with E-state index in [0.717, 1.165) is 30.6 Å². The molecule has 0 atom stereocenters. The molecule has 7 heteroatoms. The van der Waals surface area contributed by atoms with Crippen LogP contribution in [0, 0.1) is 0 Å². The molecule has 0 radical (unpaired) electrons. The van der Waals surface area contributed by atoms with Crippen LogP contribution >= 0.6 is 11.3 Å². The third kappa shape index (κ3) is 3.68. The van der Waals surface area contributed by atoms with Crippen molar-refractivity contribution in [1.82, 2.24) is 0 Å². The molecule has 0 aromatic carbocycles. The maximum Gasteiger partial charge on any atom is 0.341 e. The zero-order valence-corrected chi connectivity index (χ0v) is 14.4. The lowest BCUT2D eigenvalue weighted by molar-refractivity contribution is -0.661. The van der Waals surface area contributed by atoms with E-state index in [-0.39, 0.29) is 18.4 Å². The molecule has 3 N–H and O–H groups in total. The van der Waals surface area contributed by atoms with E-state index in [1.165, 1.54) is 16.2 Å². The maximum atomic E-state index is 12.3. The molecule has 0 saturated carbocycles. The Morgan fingerprint density at radius 3 is 3.04 bits per heavy atom. The van der Waals surface area contributed by atoms with Crippen LogP contribution in [0.15, 0.2) is 22.8 Å². The number of hydrogen-bond acceptors (Lipinski definition) is 5. The van der Waals surface area contributed by atoms with Crippen LogP contribution in [0.1, 0.15) is 39.9 Å². The molecule has 1 aliphatic rings. The van der Waals surface area contributed by atoms with Crippen molar-refractivity contribution >= 4 is 28.2 Å². The number of esters is 1. The Kier molecular flexibility index (Phi) is 5.32. The molecule has 0 saturated heterocycles. The fraction of sp³-hybridized carbons (Fsp3) is 0.412. The van der Waals surface area contributed by atoms with Crippen molar-refractivity contribution in [3.05, 3.63) is 40.2 Å². The lowest BCUT2D eigenvalue weighted by Gasteiger charge is -2.07. The van der Waals surface area contributed by atoms with Crippen molar-refractivity contribution in [3.8, 4) is 0 Å². The molecule has 24 heavy (non-hydrogen) atoms. The van der Waals surface area contributed by atoms with Crippen LogP contribution in [0.25, 0.3) is 0 Å². The first-order valence-corrected chi connectivity index (χ1v) is 8.96. The SMILES string of the molecule is CCOC(=O)c1c(NC(=O)C[NH2+]Cc2ccco2)sc2c1CCC2. The second-order valence-corrected chi connectivity index (χ2v) is 6.71. The molecular formula is C17H21N2O4S+. The maximum absolute atomic E-state index is 12.3. The summed E-state index contributed by atoms with van der Waals surface area (Å²) in [5, 5.41) is 5.36. The molecule has 2 aromatic rings. The topological polar surface area (TPSA) is 85.1 Å². The number of ether oxygens (including phenoxy) is 1. The standard InChI is InChI=1S/C17H20N2O4S/c1-2-22-17(21)15-12-6-3-7-13(12)24-16(15)19-14(20)10-18-9-11-5-4-8-23-11/h4-5,8,18H,2-3,6-7,9-10H2,1H3,(H,19,20)/p+1. The van der Waals surface area contributed by atoms with Crippen LogP contribution in [0.4, 0.5) is 5.00 Å². The quantitative estimate of drug-likeness (QED) is 0.745. The van der Waals surface area contributed by atoms with E-state index in [1.807, 2.05) is 17.4 Å². The zero-order valence-electron chi connectivity index (χ0n) is 13.6. The van der Waals surface area contributed by atoms with Gasteiger partial charge in [0.15, 0.2) is 12.3 Å². The number of carbonyl (C=O) groups is 2. The monoisotopic (exact) mass is 349 g/mol. The predicted molar refractivity (Wildman–Crippen MR) is 90.1 cm³/mol. The van der Waals surface area contributed by atoms with Gasteiger partial charge < -0.3 is 19.8 Å². The van der Waals surface area contributed by atoms with Gasteiger partial charge in [-0.15, -0.1) is 11.3 Å². The first kappa shape index (κ1) is 16.7. The molecule has 2 heterocycles. The third-order valence-electron chi connectivity index (χ3n) is 3.91. The normalized spacial score (nSPS) is 12.9. The second-order valence-electron chi connectivity index (χ2n) is 5.61. The molecule has 0 fully saturated rings. The van der Waals surface area contributed by atoms with E-state index in [4.69, 9.17) is 9.15 Å². The summed E-state index contributed by atoms with van der Waals surface area (Å²) in [6.45, 7) is 2.98. The van der Waals surface area contributed by atoms with Gasteiger partial charge in [-0.05, 0) is 43.9 Å². The summed E-state index contributed by atoms with van der Waals surface area (Å²) < 4.78 is 10.4. The van der Waals surface area contributed by atoms with Crippen molar-refractivity contribution < 1.29 is 24.1 Å². The highest BCUT2D eigenvalue weighted by molar-refractivity contribution is 7.17. The number of quaternary nitrogens is 1. The van der Waals surface area contributed by atoms with E-state index >= 15 is 0 Å². The van der Waals surface area contributed by atoms with Gasteiger partial charge >= 0.3 is 5.97 Å². The number of nitrogens with one attached hydrogen (secondary N) is 1. The molecule has 1 aliphatic carbocycles. The Morgan fingerprint density at radius 1 is 1.42 bits per heavy atom. The zero-order chi connectivity index (χ0) is 16.9. The number of aryl methyl sites for hydroxylation is 1. The number of carbonyl (C=O) groups excluding carboxylic acids is 2. The Bertz CT molecular complexity index is 721. The number of hydrogen-bond donors (Lipinski definition) is 2. The summed E-state index contributed by atoms with van der Waals surface area (Å²) in [6, 6.07) is 3.69. The highest BCUT2D eigenvalue weighted by Gasteiger charge is 2.28. The number of anilines is 1. The number of amides is 1. The lowest BCUT2D eigenvalue weighted by atomic mass is 10.1. The average Bonchev–Trinajstić information content (AvgIpc) is 3.24. The molecular weight excluding hydrogens is 328 g/mol. The van der Waals surface area contributed by atoms with Crippen molar-refractivity contribution in [3.63, 3.8) is 0 Å². The van der Waals surface area contributed by atoms with E-state index in [9.17, 15) is 9.59 Å². The molecule has 0 spiro atoms. The Labute approximate surface area is 144 Å². The van der Waals surface area contributed by atoms with Gasteiger partial charge in [-0.2, -0.15) is 0 Å². The van der Waals surface area contributed by atoms with Crippen molar-refractivity contribution in [1.29, 1.82) is 0 Å². The number of fused-ring (bicyclic) bond motifs is 1. The summed E-state index contributed by atoms with van der Waals surface area (Å²) in [6.07, 6.45) is 4.51. The number of nitrogens with two attached hydrogens (primary N) is 1. The molecule has 2 aromatic heterocycles. The fourth-order valence-electron chi connectivity index (χ4n) is 2.86. The molecule has 6 nitrogen and oxygen atoms in total. The lowest BCUT2D eigenvalue weighted by Crippen LogP contribution is -2.84. The number of thiophene rings is 1. The van der Waals surface area contributed by atoms with Crippen molar-refractivity contribution in [2.75, 3.05) is 18.5 Å².